The van der Waals surface area contributed by atoms with Crippen molar-refractivity contribution >= 4 is 11.9 Å². The van der Waals surface area contributed by atoms with Crippen LogP contribution in [0.1, 0.15) is 53.2 Å². The first-order chi connectivity index (χ1) is 14.1. The lowest BCUT2D eigenvalue weighted by Crippen LogP contribution is -2.38. The number of aromatic nitrogens is 2. The van der Waals surface area contributed by atoms with Gasteiger partial charge < -0.3 is 19.7 Å². The second kappa shape index (κ2) is 8.99. The predicted molar refractivity (Wildman–Crippen MR) is 105 cm³/mol. The fraction of sp³-hybridized carbons (Fsp3) is 0.750. The monoisotopic (exact) mass is 427 g/mol. The molecule has 1 aliphatic carbocycles. The first-order valence-electron chi connectivity index (χ1n) is 10.4. The van der Waals surface area contributed by atoms with E-state index in [9.17, 15) is 24.2 Å². The number of nitrogens with zero attached hydrogens (tertiary/aromatic N) is 2. The Labute approximate surface area is 174 Å². The number of carbonyl (C=O) groups excluding carboxylic acids is 1. The molecule has 0 radical (unpaired) electrons. The molecule has 10 heteroatoms. The minimum Gasteiger partial charge on any atom is -0.446 e. The second-order valence-corrected chi connectivity index (χ2v) is 8.74. The smallest absolute Gasteiger partial charge is 0.413 e. The van der Waals surface area contributed by atoms with Gasteiger partial charge in [-0.3, -0.25) is 9.88 Å². The minimum absolute atomic E-state index is 0.215. The highest BCUT2D eigenvalue weighted by Gasteiger charge is 2.42. The van der Waals surface area contributed by atoms with Crippen molar-refractivity contribution in [2.75, 3.05) is 5.32 Å². The van der Waals surface area contributed by atoms with Gasteiger partial charge in [-0.2, -0.15) is 4.98 Å². The standard InChI is InChI=1S/C20H30FN3O6/c1-9(2)12-6-5-10(3)7-14(12)30-20(28)23-17-13(21)8-24(19(27)22-17)18-16(26)15(25)11(4)29-18/h8-12,14-16,18,25-26H,5-7H2,1-4H3,(H,22,23,27,28)/t10?,11-,12?,14?,15-,16-,18-/m1/s1. The first-order valence-corrected chi connectivity index (χ1v) is 10.4. The minimum atomic E-state index is -1.41. The maximum absolute atomic E-state index is 14.5. The molecule has 0 spiro atoms. The van der Waals surface area contributed by atoms with Crippen molar-refractivity contribution in [3.8, 4) is 0 Å². The zero-order chi connectivity index (χ0) is 22.2. The van der Waals surface area contributed by atoms with E-state index >= 15 is 0 Å². The number of ether oxygens (including phenoxy) is 2. The highest BCUT2D eigenvalue weighted by atomic mass is 19.1. The predicted octanol–water partition coefficient (Wildman–Crippen LogP) is 2.03. The topological polar surface area (TPSA) is 123 Å². The lowest BCUT2D eigenvalue weighted by Gasteiger charge is -2.36. The van der Waals surface area contributed by atoms with Crippen LogP contribution in [0.2, 0.25) is 0 Å². The van der Waals surface area contributed by atoms with Crippen molar-refractivity contribution in [3.05, 3.63) is 22.5 Å². The largest absolute Gasteiger partial charge is 0.446 e. The number of halogens is 1. The van der Waals surface area contributed by atoms with Gasteiger partial charge in [-0.05, 0) is 37.5 Å². The average Bonchev–Trinajstić information content (AvgIpc) is 2.91. The molecule has 1 aromatic rings. The van der Waals surface area contributed by atoms with E-state index in [1.165, 1.54) is 6.92 Å². The van der Waals surface area contributed by atoms with Crippen LogP contribution >= 0.6 is 0 Å². The molecule has 0 bridgehead atoms. The van der Waals surface area contributed by atoms with Crippen LogP contribution in [0.5, 0.6) is 0 Å². The number of anilines is 1. The molecule has 3 unspecified atom stereocenters. The van der Waals surface area contributed by atoms with E-state index < -0.39 is 48.0 Å². The summed E-state index contributed by atoms with van der Waals surface area (Å²) >= 11 is 0. The van der Waals surface area contributed by atoms with Gasteiger partial charge in [0.25, 0.3) is 0 Å². The Morgan fingerprint density at radius 2 is 2.03 bits per heavy atom. The van der Waals surface area contributed by atoms with Crippen molar-refractivity contribution in [1.82, 2.24) is 9.55 Å². The molecule has 1 aliphatic heterocycles. The Kier molecular flexibility index (Phi) is 6.78. The van der Waals surface area contributed by atoms with E-state index in [0.717, 1.165) is 30.0 Å². The molecule has 3 N–H and O–H groups in total. The quantitative estimate of drug-likeness (QED) is 0.672. The number of amides is 1. The molecule has 7 atom stereocenters. The van der Waals surface area contributed by atoms with Crippen molar-refractivity contribution in [2.45, 2.75) is 77.6 Å². The highest BCUT2D eigenvalue weighted by Crippen LogP contribution is 2.35. The summed E-state index contributed by atoms with van der Waals surface area (Å²) in [7, 11) is 0. The molecule has 2 heterocycles. The molecular formula is C20H30FN3O6. The summed E-state index contributed by atoms with van der Waals surface area (Å²) in [5, 5.41) is 22.0. The van der Waals surface area contributed by atoms with Crippen LogP contribution in [0.4, 0.5) is 15.0 Å². The fourth-order valence-electron chi connectivity index (χ4n) is 4.29. The van der Waals surface area contributed by atoms with Gasteiger partial charge in [-0.25, -0.2) is 14.0 Å². The van der Waals surface area contributed by atoms with Crippen LogP contribution in [-0.4, -0.2) is 50.3 Å². The lowest BCUT2D eigenvalue weighted by molar-refractivity contribution is -0.0355. The third-order valence-electron chi connectivity index (χ3n) is 6.10. The third-order valence-corrected chi connectivity index (χ3v) is 6.10. The van der Waals surface area contributed by atoms with E-state index in [2.05, 4.69) is 31.1 Å². The van der Waals surface area contributed by atoms with E-state index in [-0.39, 0.29) is 12.0 Å². The number of carbonyl (C=O) groups is 1. The van der Waals surface area contributed by atoms with Gasteiger partial charge in [0.05, 0.1) is 12.3 Å². The number of aliphatic hydroxyl groups excluding tert-OH is 2. The Bertz CT molecular complexity index is 831. The molecule has 1 aromatic heterocycles. The summed E-state index contributed by atoms with van der Waals surface area (Å²) in [6, 6.07) is 0. The van der Waals surface area contributed by atoms with Gasteiger partial charge in [-0.1, -0.05) is 27.2 Å². The van der Waals surface area contributed by atoms with Gasteiger partial charge >= 0.3 is 11.8 Å². The van der Waals surface area contributed by atoms with Crippen LogP contribution in [-0.2, 0) is 9.47 Å². The van der Waals surface area contributed by atoms with Gasteiger partial charge in [0.1, 0.15) is 18.3 Å². The van der Waals surface area contributed by atoms with Gasteiger partial charge in [0.2, 0.25) is 0 Å². The number of nitrogens with one attached hydrogen (secondary N) is 1. The molecule has 168 valence electrons. The van der Waals surface area contributed by atoms with Crippen LogP contribution in [0.3, 0.4) is 0 Å². The van der Waals surface area contributed by atoms with E-state index in [1.807, 2.05) is 0 Å². The first kappa shape index (κ1) is 22.6. The number of aliphatic hydroxyl groups is 2. The molecule has 1 amide bonds. The van der Waals surface area contributed by atoms with Crippen molar-refractivity contribution in [1.29, 1.82) is 0 Å². The molecule has 1 saturated carbocycles. The fourth-order valence-corrected chi connectivity index (χ4v) is 4.29. The van der Waals surface area contributed by atoms with Crippen LogP contribution in [0, 0.1) is 23.6 Å². The van der Waals surface area contributed by atoms with E-state index in [4.69, 9.17) is 9.47 Å². The second-order valence-electron chi connectivity index (χ2n) is 8.74. The lowest BCUT2D eigenvalue weighted by atomic mass is 9.75. The summed E-state index contributed by atoms with van der Waals surface area (Å²) in [4.78, 5) is 28.2. The average molecular weight is 427 g/mol. The molecule has 2 fully saturated rings. The third kappa shape index (κ3) is 4.65. The van der Waals surface area contributed by atoms with E-state index in [0.29, 0.717) is 11.8 Å². The van der Waals surface area contributed by atoms with Gasteiger partial charge in [-0.15, -0.1) is 0 Å². The Morgan fingerprint density at radius 3 is 2.63 bits per heavy atom. The summed E-state index contributed by atoms with van der Waals surface area (Å²) in [6.45, 7) is 7.77. The van der Waals surface area contributed by atoms with Crippen LogP contribution in [0.25, 0.3) is 0 Å². The normalized spacial score (nSPS) is 34.2. The van der Waals surface area contributed by atoms with Gasteiger partial charge in [0.15, 0.2) is 17.9 Å². The number of hydrogen-bond acceptors (Lipinski definition) is 7. The van der Waals surface area contributed by atoms with Crippen molar-refractivity contribution < 1.29 is 28.9 Å². The van der Waals surface area contributed by atoms with Crippen LogP contribution < -0.4 is 11.0 Å². The van der Waals surface area contributed by atoms with Crippen molar-refractivity contribution in [2.24, 2.45) is 17.8 Å². The molecule has 1 saturated heterocycles. The summed E-state index contributed by atoms with van der Waals surface area (Å²) in [5.74, 6) is -0.579. The molecule has 2 aliphatic rings. The Hall–Kier alpha value is -2.04. The summed E-state index contributed by atoms with van der Waals surface area (Å²) in [5.41, 5.74) is -0.941. The Balaban J connectivity index is 1.72. The molecule has 3 rings (SSSR count). The highest BCUT2D eigenvalue weighted by molar-refractivity contribution is 5.83. The summed E-state index contributed by atoms with van der Waals surface area (Å²) < 4.78 is 26.1. The summed E-state index contributed by atoms with van der Waals surface area (Å²) in [6.07, 6.45) is -2.27. The molecular weight excluding hydrogens is 397 g/mol. The van der Waals surface area contributed by atoms with Gasteiger partial charge in [0, 0.05) is 0 Å². The maximum Gasteiger partial charge on any atom is 0.413 e. The zero-order valence-corrected chi connectivity index (χ0v) is 17.6. The number of hydrogen-bond donors (Lipinski definition) is 3. The SMILES string of the molecule is CC1CCC(C(C)C)C(OC(=O)Nc2nc(=O)n([C@@H]3O[C@H](C)[C@@H](O)[C@H]3O)cc2F)C1. The maximum atomic E-state index is 14.5. The molecule has 30 heavy (non-hydrogen) atoms. The Morgan fingerprint density at radius 1 is 1.33 bits per heavy atom. The van der Waals surface area contributed by atoms with E-state index in [1.54, 1.807) is 0 Å². The number of rotatable bonds is 4. The molecule has 9 nitrogen and oxygen atoms in total. The van der Waals surface area contributed by atoms with Crippen molar-refractivity contribution in [3.63, 3.8) is 0 Å². The zero-order valence-electron chi connectivity index (χ0n) is 17.6. The van der Waals surface area contributed by atoms with Crippen LogP contribution in [0.15, 0.2) is 11.0 Å². The molecule has 0 aromatic carbocycles.